The van der Waals surface area contributed by atoms with Crippen molar-refractivity contribution in [2.24, 2.45) is 11.8 Å². The maximum absolute atomic E-state index is 15.3. The molecule has 2 aliphatic carbocycles. The van der Waals surface area contributed by atoms with Crippen LogP contribution in [-0.4, -0.2) is 36.3 Å². The van der Waals surface area contributed by atoms with Crippen LogP contribution in [0.2, 0.25) is 0 Å². The fourth-order valence-electron chi connectivity index (χ4n) is 9.91. The molecule has 10 heteroatoms. The van der Waals surface area contributed by atoms with Crippen LogP contribution >= 0.6 is 8.25 Å². The molecular weight excluding hydrogens is 822 g/mol. The first-order chi connectivity index (χ1) is 31.5. The number of nitrogens with zero attached hydrogens (tertiary/aromatic N) is 2. The summed E-state index contributed by atoms with van der Waals surface area (Å²) in [5.41, 5.74) is 9.22. The highest BCUT2D eigenvalue weighted by molar-refractivity contribution is 7.33. The molecule has 2 fully saturated rings. The first-order valence-electron chi connectivity index (χ1n) is 24.0. The van der Waals surface area contributed by atoms with Gasteiger partial charge < -0.3 is 10.6 Å². The van der Waals surface area contributed by atoms with Crippen molar-refractivity contribution in [2.45, 2.75) is 116 Å². The number of fused-ring (bicyclic) bond motifs is 2. The summed E-state index contributed by atoms with van der Waals surface area (Å²) in [5.74, 6) is 1.21. The molecule has 4 aromatic carbocycles. The van der Waals surface area contributed by atoms with Gasteiger partial charge in [-0.15, -0.1) is 9.05 Å². The Morgan fingerprint density at radius 1 is 0.562 bits per heavy atom. The summed E-state index contributed by atoms with van der Waals surface area (Å²) >= 11 is 0. The Bertz CT molecular complexity index is 2300. The SMILES string of the molecule is O=[P+](OCCCNCc1ccc(-c2ccc(CCC3CCCCC3)c(F)c2)c2cccnc12)OCCCNCc1ccc(-c2ccc(CCC3CCCCC3)c(F)c2)c2cccnc12. The van der Waals surface area contributed by atoms with E-state index >= 15 is 8.78 Å². The van der Waals surface area contributed by atoms with Gasteiger partial charge in [0.25, 0.3) is 0 Å². The maximum atomic E-state index is 15.3. The molecule has 2 saturated carbocycles. The van der Waals surface area contributed by atoms with Crippen molar-refractivity contribution in [3.05, 3.63) is 131 Å². The second-order valence-electron chi connectivity index (χ2n) is 18.0. The Hall–Kier alpha value is -4.50. The molecule has 0 saturated heterocycles. The lowest BCUT2D eigenvalue weighted by atomic mass is 9.85. The molecule has 0 radical (unpaired) electrons. The van der Waals surface area contributed by atoms with Crippen LogP contribution in [0.4, 0.5) is 8.78 Å². The summed E-state index contributed by atoms with van der Waals surface area (Å²) in [7, 11) is -2.21. The summed E-state index contributed by atoms with van der Waals surface area (Å²) in [6.45, 7) is 3.20. The van der Waals surface area contributed by atoms with E-state index in [1.807, 2.05) is 36.4 Å². The van der Waals surface area contributed by atoms with Crippen LogP contribution in [0.25, 0.3) is 44.1 Å². The number of pyridine rings is 2. The largest absolute Gasteiger partial charge is 0.697 e. The zero-order valence-corrected chi connectivity index (χ0v) is 38.2. The second kappa shape index (κ2) is 23.6. The van der Waals surface area contributed by atoms with Gasteiger partial charge in [-0.1, -0.05) is 125 Å². The van der Waals surface area contributed by atoms with Gasteiger partial charge in [-0.2, -0.15) is 0 Å². The van der Waals surface area contributed by atoms with Crippen molar-refractivity contribution in [1.82, 2.24) is 20.6 Å². The van der Waals surface area contributed by atoms with Crippen LogP contribution in [0.5, 0.6) is 0 Å². The summed E-state index contributed by atoms with van der Waals surface area (Å²) < 4.78 is 54.0. The van der Waals surface area contributed by atoms with E-state index in [1.165, 1.54) is 64.2 Å². The van der Waals surface area contributed by atoms with Crippen molar-refractivity contribution in [3.8, 4) is 22.3 Å². The topological polar surface area (TPSA) is 85.4 Å². The second-order valence-corrected chi connectivity index (χ2v) is 19.0. The van der Waals surface area contributed by atoms with Crippen molar-refractivity contribution in [2.75, 3.05) is 26.3 Å². The Morgan fingerprint density at radius 3 is 1.44 bits per heavy atom. The fourth-order valence-corrected chi connectivity index (χ4v) is 10.5. The summed E-state index contributed by atoms with van der Waals surface area (Å²) in [4.78, 5) is 9.40. The Morgan fingerprint density at radius 2 is 1.00 bits per heavy atom. The van der Waals surface area contributed by atoms with E-state index in [0.29, 0.717) is 52.2 Å². The standard InChI is InChI=1S/C54H64F2N4O3P/c55-51-35-43(23-21-41(51)19-17-39-11-3-1-4-12-39)47-27-25-45(53-49(47)15-7-31-59-53)37-57-29-9-33-62-64(61)63-34-10-30-58-38-46-26-28-48(50-16-8-32-60-54(46)50)44-24-22-42(52(56)36-44)20-18-40-13-5-2-6-14-40/h7-8,15-16,21-28,31-32,35-36,39-40,57-58H,1-6,9-14,17-20,29-30,33-34,37-38H2/q+1. The quantitative estimate of drug-likeness (QED) is 0.0519. The maximum Gasteiger partial charge on any atom is 0.697 e. The molecule has 2 aromatic heterocycles. The summed E-state index contributed by atoms with van der Waals surface area (Å²) in [6.07, 6.45) is 21.7. The molecule has 336 valence electrons. The van der Waals surface area contributed by atoms with Crippen LogP contribution < -0.4 is 10.6 Å². The molecule has 64 heavy (non-hydrogen) atoms. The van der Waals surface area contributed by atoms with Gasteiger partial charge >= 0.3 is 8.25 Å². The Labute approximate surface area is 379 Å². The highest BCUT2D eigenvalue weighted by Gasteiger charge is 2.20. The molecular formula is C54H64F2N4O3P+. The lowest BCUT2D eigenvalue weighted by Gasteiger charge is -2.21. The number of aromatic nitrogens is 2. The number of halogens is 2. The van der Waals surface area contributed by atoms with Crippen molar-refractivity contribution in [1.29, 1.82) is 0 Å². The molecule has 7 nitrogen and oxygen atoms in total. The highest BCUT2D eigenvalue weighted by atomic mass is 31.1. The first-order valence-corrected chi connectivity index (χ1v) is 25.0. The predicted octanol–water partition coefficient (Wildman–Crippen LogP) is 13.8. The average Bonchev–Trinajstić information content (AvgIpc) is 3.33. The first kappa shape index (κ1) is 46.0. The number of rotatable bonds is 22. The van der Waals surface area contributed by atoms with E-state index in [-0.39, 0.29) is 11.6 Å². The molecule has 2 N–H and O–H groups in total. The van der Waals surface area contributed by atoms with Gasteiger partial charge in [0.1, 0.15) is 24.8 Å². The Kier molecular flexibility index (Phi) is 17.0. The van der Waals surface area contributed by atoms with E-state index in [9.17, 15) is 4.57 Å². The minimum atomic E-state index is -2.21. The third kappa shape index (κ3) is 12.4. The monoisotopic (exact) mass is 885 g/mol. The van der Waals surface area contributed by atoms with Crippen LogP contribution in [-0.2, 0) is 39.5 Å². The van der Waals surface area contributed by atoms with Gasteiger partial charge in [-0.3, -0.25) is 9.97 Å². The number of hydrogen-bond donors (Lipinski definition) is 2. The molecule has 0 bridgehead atoms. The van der Waals surface area contributed by atoms with Gasteiger partial charge in [-0.25, -0.2) is 8.78 Å². The van der Waals surface area contributed by atoms with Gasteiger partial charge in [0.05, 0.1) is 11.0 Å². The average molecular weight is 886 g/mol. The molecule has 8 rings (SSSR count). The fraction of sp³-hybridized carbons (Fsp3) is 0.444. The normalized spacial score (nSPS) is 15.0. The Balaban J connectivity index is 0.726. The number of benzene rings is 4. The molecule has 2 heterocycles. The molecule has 0 unspecified atom stereocenters. The molecule has 0 amide bonds. The van der Waals surface area contributed by atoms with E-state index in [2.05, 4.69) is 47.0 Å². The molecule has 6 aromatic rings. The van der Waals surface area contributed by atoms with Crippen molar-refractivity contribution < 1.29 is 22.4 Å². The number of hydrogen-bond acceptors (Lipinski definition) is 7. The van der Waals surface area contributed by atoms with Crippen molar-refractivity contribution >= 4 is 30.1 Å². The minimum absolute atomic E-state index is 0.125. The van der Waals surface area contributed by atoms with E-state index in [1.54, 1.807) is 24.5 Å². The highest BCUT2D eigenvalue weighted by Crippen LogP contribution is 2.35. The van der Waals surface area contributed by atoms with E-state index in [0.717, 1.165) is 104 Å². The molecule has 0 aliphatic heterocycles. The van der Waals surface area contributed by atoms with Crippen molar-refractivity contribution in [3.63, 3.8) is 0 Å². The smallest absolute Gasteiger partial charge is 0.313 e. The van der Waals surface area contributed by atoms with Gasteiger partial charge in [0.15, 0.2) is 0 Å². The lowest BCUT2D eigenvalue weighted by molar-refractivity contribution is 0.220. The number of nitrogens with one attached hydrogen (secondary N) is 2. The zero-order chi connectivity index (χ0) is 43.9. The predicted molar refractivity (Wildman–Crippen MR) is 256 cm³/mol. The van der Waals surface area contributed by atoms with Gasteiger partial charge in [0.2, 0.25) is 0 Å². The summed E-state index contributed by atoms with van der Waals surface area (Å²) in [5, 5.41) is 8.92. The third-order valence-electron chi connectivity index (χ3n) is 13.5. The van der Waals surface area contributed by atoms with Gasteiger partial charge in [-0.05, 0) is 132 Å². The van der Waals surface area contributed by atoms with Crippen LogP contribution in [0.15, 0.2) is 97.3 Å². The van der Waals surface area contributed by atoms with E-state index in [4.69, 9.17) is 19.0 Å². The van der Waals surface area contributed by atoms with Crippen LogP contribution in [0.3, 0.4) is 0 Å². The van der Waals surface area contributed by atoms with Gasteiger partial charge in [0, 0.05) is 40.8 Å². The van der Waals surface area contributed by atoms with E-state index < -0.39 is 8.25 Å². The van der Waals surface area contributed by atoms with Crippen LogP contribution in [0, 0.1) is 23.5 Å². The number of aryl methyl sites for hydroxylation is 2. The lowest BCUT2D eigenvalue weighted by Crippen LogP contribution is -2.17. The molecule has 2 aliphatic rings. The summed E-state index contributed by atoms with van der Waals surface area (Å²) in [6, 6.07) is 27.6. The molecule has 0 spiro atoms. The minimum Gasteiger partial charge on any atom is -0.313 e. The zero-order valence-electron chi connectivity index (χ0n) is 37.3. The van der Waals surface area contributed by atoms with Crippen LogP contribution in [0.1, 0.15) is 112 Å². The molecule has 0 atom stereocenters. The third-order valence-corrected chi connectivity index (χ3v) is 14.3.